The summed E-state index contributed by atoms with van der Waals surface area (Å²) in [6.45, 7) is 0. The number of nitrogens with one attached hydrogen (secondary N) is 1. The first-order valence-electron chi connectivity index (χ1n) is 7.84. The Morgan fingerprint density at radius 1 is 1.26 bits per heavy atom. The van der Waals surface area contributed by atoms with Crippen LogP contribution in [0.1, 0.15) is 11.1 Å². The van der Waals surface area contributed by atoms with Crippen LogP contribution in [0.3, 0.4) is 0 Å². The van der Waals surface area contributed by atoms with E-state index in [0.29, 0.717) is 11.3 Å². The van der Waals surface area contributed by atoms with Crippen LogP contribution in [0.2, 0.25) is 0 Å². The molecule has 2 aromatic carbocycles. The molecular formula is C19H11BrFN3O2S. The van der Waals surface area contributed by atoms with Gasteiger partial charge in [-0.3, -0.25) is 19.3 Å². The lowest BCUT2D eigenvalue weighted by atomic mass is 10.1. The van der Waals surface area contributed by atoms with E-state index < -0.39 is 11.4 Å². The van der Waals surface area contributed by atoms with Crippen LogP contribution in [0.25, 0.3) is 17.3 Å². The predicted molar refractivity (Wildman–Crippen MR) is 109 cm³/mol. The molecule has 0 bridgehead atoms. The molecule has 0 fully saturated rings. The van der Waals surface area contributed by atoms with Gasteiger partial charge in [-0.2, -0.15) is 0 Å². The molecule has 0 atom stereocenters. The maximum atomic E-state index is 13.6. The summed E-state index contributed by atoms with van der Waals surface area (Å²) in [5.74, 6) is -0.861. The van der Waals surface area contributed by atoms with Crippen LogP contribution in [-0.2, 0) is 0 Å². The minimum absolute atomic E-state index is 0.00198. The average molecular weight is 444 g/mol. The lowest BCUT2D eigenvalue weighted by Crippen LogP contribution is -2.16. The van der Waals surface area contributed by atoms with Gasteiger partial charge in [0.1, 0.15) is 11.4 Å². The molecule has 8 heteroatoms. The van der Waals surface area contributed by atoms with Crippen LogP contribution >= 0.6 is 28.1 Å². The molecule has 3 aromatic rings. The number of aromatic nitrogens is 2. The van der Waals surface area contributed by atoms with E-state index in [-0.39, 0.29) is 16.2 Å². The highest BCUT2D eigenvalue weighted by Gasteiger charge is 2.17. The number of halogens is 2. The fourth-order valence-electron chi connectivity index (χ4n) is 2.85. The maximum Gasteiger partial charge on any atom is 0.262 e. The van der Waals surface area contributed by atoms with Gasteiger partial charge in [-0.15, -0.1) is 0 Å². The third kappa shape index (κ3) is 3.17. The molecule has 1 aromatic heterocycles. The minimum atomic E-state index is -0.547. The number of benzene rings is 2. The van der Waals surface area contributed by atoms with Crippen molar-refractivity contribution < 1.29 is 9.50 Å². The standard InChI is InChI=1S/C19H11BrFN3O2S/c20-11-4-5-16-14(7-11)10(9-22-16)6-15-17(25)23-19(27)24(18(15)26)13-3-1-2-12(21)8-13/h1-9,26H,(H,23,25,27). The molecule has 0 saturated heterocycles. The molecule has 2 heterocycles. The molecule has 0 aliphatic carbocycles. The maximum absolute atomic E-state index is 13.6. The number of H-pyrrole nitrogens is 1. The van der Waals surface area contributed by atoms with Gasteiger partial charge in [-0.25, -0.2) is 4.39 Å². The van der Waals surface area contributed by atoms with E-state index in [2.05, 4.69) is 25.9 Å². The zero-order valence-electron chi connectivity index (χ0n) is 13.6. The summed E-state index contributed by atoms with van der Waals surface area (Å²) in [6.07, 6.45) is 3.14. The van der Waals surface area contributed by atoms with Crippen LogP contribution in [0.15, 0.2) is 56.7 Å². The van der Waals surface area contributed by atoms with Crippen LogP contribution < -0.4 is 5.56 Å². The van der Waals surface area contributed by atoms with Gasteiger partial charge in [0.25, 0.3) is 5.56 Å². The van der Waals surface area contributed by atoms with Gasteiger partial charge in [0.05, 0.1) is 11.4 Å². The molecule has 5 nitrogen and oxygen atoms in total. The molecule has 0 amide bonds. The third-order valence-corrected chi connectivity index (χ3v) is 4.88. The average Bonchev–Trinajstić information content (AvgIpc) is 3.00. The summed E-state index contributed by atoms with van der Waals surface area (Å²) in [7, 11) is 0. The van der Waals surface area contributed by atoms with Gasteiger partial charge in [-0.1, -0.05) is 22.0 Å². The van der Waals surface area contributed by atoms with E-state index in [1.807, 2.05) is 18.2 Å². The number of aromatic hydroxyl groups is 1. The summed E-state index contributed by atoms with van der Waals surface area (Å²) in [4.78, 5) is 19.2. The molecule has 4 rings (SSSR count). The summed E-state index contributed by atoms with van der Waals surface area (Å²) in [5, 5.41) is 10.7. The van der Waals surface area contributed by atoms with E-state index in [1.54, 1.807) is 12.3 Å². The van der Waals surface area contributed by atoms with Crippen molar-refractivity contribution in [3.63, 3.8) is 0 Å². The summed E-state index contributed by atoms with van der Waals surface area (Å²) in [5.41, 5.74) is 2.00. The quantitative estimate of drug-likeness (QED) is 0.560. The van der Waals surface area contributed by atoms with Crippen molar-refractivity contribution >= 4 is 51.7 Å². The van der Waals surface area contributed by atoms with Crippen LogP contribution in [0, 0.1) is 10.6 Å². The van der Waals surface area contributed by atoms with Crippen LogP contribution in [0.4, 0.5) is 10.1 Å². The minimum Gasteiger partial charge on any atom is -0.494 e. The zero-order valence-corrected chi connectivity index (χ0v) is 16.0. The Morgan fingerprint density at radius 3 is 2.85 bits per heavy atom. The summed E-state index contributed by atoms with van der Waals surface area (Å²) >= 11 is 8.56. The van der Waals surface area contributed by atoms with E-state index in [4.69, 9.17) is 12.2 Å². The second-order valence-electron chi connectivity index (χ2n) is 5.83. The highest BCUT2D eigenvalue weighted by atomic mass is 79.9. The number of allylic oxidation sites excluding steroid dienone is 1. The molecule has 2 N–H and O–H groups in total. The first kappa shape index (κ1) is 17.6. The lowest BCUT2D eigenvalue weighted by molar-refractivity contribution is 0.431. The molecule has 0 radical (unpaired) electrons. The number of nitrogens with zero attached hydrogens (tertiary/aromatic N) is 2. The molecule has 27 heavy (non-hydrogen) atoms. The third-order valence-electron chi connectivity index (χ3n) is 4.10. The van der Waals surface area contributed by atoms with Gasteiger partial charge >= 0.3 is 0 Å². The first-order valence-corrected chi connectivity index (χ1v) is 9.04. The van der Waals surface area contributed by atoms with Crippen molar-refractivity contribution in [1.82, 2.24) is 9.55 Å². The normalized spacial score (nSPS) is 13.9. The number of hydrogen-bond acceptors (Lipinski definition) is 4. The molecule has 1 aliphatic heterocycles. The SMILES string of the molecule is O=c1[nH]c(=S)n(-c2cccc(F)c2)c(O)c1C=C1C=Nc2ccc(Br)cc21. The highest BCUT2D eigenvalue weighted by molar-refractivity contribution is 9.10. The van der Waals surface area contributed by atoms with E-state index in [1.165, 1.54) is 28.8 Å². The van der Waals surface area contributed by atoms with Gasteiger partial charge in [0, 0.05) is 21.8 Å². The summed E-state index contributed by atoms with van der Waals surface area (Å²) in [6, 6.07) is 11.2. The first-order chi connectivity index (χ1) is 12.9. The Morgan fingerprint density at radius 2 is 2.07 bits per heavy atom. The molecule has 134 valence electrons. The lowest BCUT2D eigenvalue weighted by Gasteiger charge is -2.11. The van der Waals surface area contributed by atoms with Gasteiger partial charge in [-0.05, 0) is 54.7 Å². The van der Waals surface area contributed by atoms with Crippen molar-refractivity contribution in [2.75, 3.05) is 0 Å². The smallest absolute Gasteiger partial charge is 0.262 e. The molecule has 0 saturated carbocycles. The highest BCUT2D eigenvalue weighted by Crippen LogP contribution is 2.35. The molecular weight excluding hydrogens is 433 g/mol. The number of hydrogen-bond donors (Lipinski definition) is 2. The number of rotatable bonds is 2. The number of aliphatic imine (C=N–C) groups is 1. The van der Waals surface area contributed by atoms with Crippen molar-refractivity contribution in [1.29, 1.82) is 0 Å². The number of aromatic amines is 1. The zero-order chi connectivity index (χ0) is 19.1. The molecule has 1 aliphatic rings. The van der Waals surface area contributed by atoms with E-state index in [0.717, 1.165) is 15.7 Å². The van der Waals surface area contributed by atoms with Crippen molar-refractivity contribution in [2.24, 2.45) is 4.99 Å². The van der Waals surface area contributed by atoms with E-state index in [9.17, 15) is 14.3 Å². The van der Waals surface area contributed by atoms with Crippen molar-refractivity contribution in [3.05, 3.63) is 79.0 Å². The van der Waals surface area contributed by atoms with Crippen LogP contribution in [0.5, 0.6) is 5.88 Å². The Kier molecular flexibility index (Phi) is 4.37. The fraction of sp³-hybridized carbons (Fsp3) is 0. The van der Waals surface area contributed by atoms with Gasteiger partial charge in [0.2, 0.25) is 5.88 Å². The van der Waals surface area contributed by atoms with Gasteiger partial charge < -0.3 is 5.11 Å². The van der Waals surface area contributed by atoms with Crippen molar-refractivity contribution in [2.45, 2.75) is 0 Å². The second kappa shape index (κ2) is 6.71. The van der Waals surface area contributed by atoms with Gasteiger partial charge in [0.15, 0.2) is 4.77 Å². The Labute approximate surface area is 166 Å². The monoisotopic (exact) mass is 443 g/mol. The van der Waals surface area contributed by atoms with Crippen molar-refractivity contribution in [3.8, 4) is 11.6 Å². The largest absolute Gasteiger partial charge is 0.494 e. The molecule has 0 spiro atoms. The Bertz CT molecular complexity index is 1260. The molecule has 0 unspecified atom stereocenters. The summed E-state index contributed by atoms with van der Waals surface area (Å²) < 4.78 is 15.6. The van der Waals surface area contributed by atoms with Crippen LogP contribution in [-0.4, -0.2) is 20.9 Å². The Hall–Kier alpha value is -2.84. The van der Waals surface area contributed by atoms with E-state index >= 15 is 0 Å². The second-order valence-corrected chi connectivity index (χ2v) is 7.13. The number of fused-ring (bicyclic) bond motifs is 1. The Balaban J connectivity index is 1.93. The fourth-order valence-corrected chi connectivity index (χ4v) is 3.50. The predicted octanol–water partition coefficient (Wildman–Crippen LogP) is 4.76. The topological polar surface area (TPSA) is 70.4 Å².